The molecule has 30 heavy (non-hydrogen) atoms. The fraction of sp³-hybridized carbons (Fsp3) is 0.318. The Hall–Kier alpha value is -3.00. The van der Waals surface area contributed by atoms with Gasteiger partial charge in [0.25, 0.3) is 0 Å². The molecule has 0 bridgehead atoms. The summed E-state index contributed by atoms with van der Waals surface area (Å²) in [5.41, 5.74) is 1.86. The summed E-state index contributed by atoms with van der Waals surface area (Å²) in [6, 6.07) is 15.2. The van der Waals surface area contributed by atoms with Gasteiger partial charge in [-0.05, 0) is 55.8 Å². The van der Waals surface area contributed by atoms with Crippen molar-refractivity contribution in [3.63, 3.8) is 0 Å². The Kier molecular flexibility index (Phi) is 7.73. The zero-order chi connectivity index (χ0) is 21.3. The fourth-order valence-electron chi connectivity index (χ4n) is 2.93. The standard InChI is InChI=1S/C22H26N4O3S/c1-4-26-20(14-16-6-10-18(28-3)11-7-16)24-25-22(26)30-15-21(27)23-17-8-12-19(13-9-17)29-5-2/h6-13H,4-5,14-15H2,1-3H3,(H,23,27). The normalized spacial score (nSPS) is 10.6. The molecule has 0 aliphatic heterocycles. The van der Waals surface area contributed by atoms with Crippen molar-refractivity contribution >= 4 is 23.4 Å². The highest BCUT2D eigenvalue weighted by atomic mass is 32.2. The number of benzene rings is 2. The second-order valence-corrected chi connectivity index (χ2v) is 7.40. The molecule has 1 heterocycles. The van der Waals surface area contributed by atoms with Crippen LogP contribution in [-0.4, -0.2) is 40.1 Å². The number of ether oxygens (including phenoxy) is 2. The summed E-state index contributed by atoms with van der Waals surface area (Å²) in [5.74, 6) is 2.65. The third-order valence-electron chi connectivity index (χ3n) is 4.41. The molecule has 1 N–H and O–H groups in total. The van der Waals surface area contributed by atoms with Gasteiger partial charge in [0.05, 0.1) is 19.5 Å². The van der Waals surface area contributed by atoms with Crippen LogP contribution in [0.5, 0.6) is 11.5 Å². The minimum Gasteiger partial charge on any atom is -0.497 e. The van der Waals surface area contributed by atoms with Gasteiger partial charge in [-0.3, -0.25) is 4.79 Å². The minimum atomic E-state index is -0.0912. The molecule has 3 aromatic rings. The predicted octanol–water partition coefficient (Wildman–Crippen LogP) is 4.03. The van der Waals surface area contributed by atoms with E-state index in [9.17, 15) is 4.79 Å². The van der Waals surface area contributed by atoms with Gasteiger partial charge < -0.3 is 19.4 Å². The maximum atomic E-state index is 12.3. The molecular formula is C22H26N4O3S. The quantitative estimate of drug-likeness (QED) is 0.493. The van der Waals surface area contributed by atoms with Crippen LogP contribution in [0.15, 0.2) is 53.7 Å². The van der Waals surface area contributed by atoms with Gasteiger partial charge in [-0.1, -0.05) is 23.9 Å². The lowest BCUT2D eigenvalue weighted by atomic mass is 10.1. The number of methoxy groups -OCH3 is 1. The summed E-state index contributed by atoms with van der Waals surface area (Å²) >= 11 is 1.38. The molecule has 0 aliphatic rings. The smallest absolute Gasteiger partial charge is 0.234 e. The van der Waals surface area contributed by atoms with Crippen LogP contribution in [0.4, 0.5) is 5.69 Å². The molecule has 0 aliphatic carbocycles. The van der Waals surface area contributed by atoms with Crippen molar-refractivity contribution in [1.82, 2.24) is 14.8 Å². The maximum absolute atomic E-state index is 12.3. The Morgan fingerprint density at radius 3 is 2.37 bits per heavy atom. The van der Waals surface area contributed by atoms with Gasteiger partial charge >= 0.3 is 0 Å². The van der Waals surface area contributed by atoms with Gasteiger partial charge in [-0.25, -0.2) is 0 Å². The van der Waals surface area contributed by atoms with E-state index in [0.717, 1.165) is 40.3 Å². The van der Waals surface area contributed by atoms with E-state index >= 15 is 0 Å². The number of carbonyl (C=O) groups is 1. The second kappa shape index (κ2) is 10.7. The highest BCUT2D eigenvalue weighted by Gasteiger charge is 2.14. The molecule has 2 aromatic carbocycles. The third-order valence-corrected chi connectivity index (χ3v) is 5.38. The molecule has 1 aromatic heterocycles. The fourth-order valence-corrected chi connectivity index (χ4v) is 3.75. The van der Waals surface area contributed by atoms with Crippen LogP contribution >= 0.6 is 11.8 Å². The molecule has 0 fully saturated rings. The van der Waals surface area contributed by atoms with Crippen LogP contribution in [0.3, 0.4) is 0 Å². The number of hydrogen-bond donors (Lipinski definition) is 1. The van der Waals surface area contributed by atoms with Gasteiger partial charge in [-0.15, -0.1) is 10.2 Å². The number of nitrogens with zero attached hydrogens (tertiary/aromatic N) is 3. The second-order valence-electron chi connectivity index (χ2n) is 6.46. The molecule has 0 spiro atoms. The van der Waals surface area contributed by atoms with Crippen LogP contribution in [-0.2, 0) is 17.8 Å². The van der Waals surface area contributed by atoms with Crippen LogP contribution in [0.2, 0.25) is 0 Å². The van der Waals surface area contributed by atoms with Crippen molar-refractivity contribution in [2.24, 2.45) is 0 Å². The molecular weight excluding hydrogens is 400 g/mol. The zero-order valence-electron chi connectivity index (χ0n) is 17.4. The van der Waals surface area contributed by atoms with Crippen LogP contribution < -0.4 is 14.8 Å². The summed E-state index contributed by atoms with van der Waals surface area (Å²) in [4.78, 5) is 12.3. The summed E-state index contributed by atoms with van der Waals surface area (Å²) in [6.45, 7) is 5.33. The van der Waals surface area contributed by atoms with Gasteiger partial charge in [0, 0.05) is 18.7 Å². The van der Waals surface area contributed by atoms with Crippen molar-refractivity contribution in [2.45, 2.75) is 32.0 Å². The highest BCUT2D eigenvalue weighted by Crippen LogP contribution is 2.21. The Morgan fingerprint density at radius 2 is 1.73 bits per heavy atom. The molecule has 0 unspecified atom stereocenters. The first-order chi connectivity index (χ1) is 14.6. The monoisotopic (exact) mass is 426 g/mol. The van der Waals surface area contributed by atoms with E-state index in [1.165, 1.54) is 11.8 Å². The average molecular weight is 427 g/mol. The largest absolute Gasteiger partial charge is 0.497 e. The molecule has 0 saturated carbocycles. The van der Waals surface area contributed by atoms with Gasteiger partial charge in [0.15, 0.2) is 5.16 Å². The molecule has 0 radical (unpaired) electrons. The molecule has 158 valence electrons. The maximum Gasteiger partial charge on any atom is 0.234 e. The lowest BCUT2D eigenvalue weighted by Crippen LogP contribution is -2.14. The van der Waals surface area contributed by atoms with E-state index in [4.69, 9.17) is 9.47 Å². The van der Waals surface area contributed by atoms with E-state index in [1.807, 2.05) is 66.9 Å². The van der Waals surface area contributed by atoms with E-state index < -0.39 is 0 Å². The Bertz CT molecular complexity index is 956. The highest BCUT2D eigenvalue weighted by molar-refractivity contribution is 7.99. The Balaban J connectivity index is 1.57. The first-order valence-corrected chi connectivity index (χ1v) is 10.8. The summed E-state index contributed by atoms with van der Waals surface area (Å²) in [7, 11) is 1.65. The lowest BCUT2D eigenvalue weighted by molar-refractivity contribution is -0.113. The predicted molar refractivity (Wildman–Crippen MR) is 118 cm³/mol. The molecule has 3 rings (SSSR count). The number of aromatic nitrogens is 3. The van der Waals surface area contributed by atoms with Crippen molar-refractivity contribution in [3.05, 3.63) is 59.9 Å². The van der Waals surface area contributed by atoms with Crippen molar-refractivity contribution < 1.29 is 14.3 Å². The number of carbonyl (C=O) groups excluding carboxylic acids is 1. The number of amides is 1. The third kappa shape index (κ3) is 5.76. The van der Waals surface area contributed by atoms with Crippen LogP contribution in [0, 0.1) is 0 Å². The van der Waals surface area contributed by atoms with Crippen molar-refractivity contribution in [3.8, 4) is 11.5 Å². The van der Waals surface area contributed by atoms with Gasteiger partial charge in [0.2, 0.25) is 5.91 Å². The zero-order valence-corrected chi connectivity index (χ0v) is 18.2. The van der Waals surface area contributed by atoms with Crippen molar-refractivity contribution in [2.75, 3.05) is 24.8 Å². The Labute approximate surface area is 180 Å². The Morgan fingerprint density at radius 1 is 1.03 bits per heavy atom. The van der Waals surface area contributed by atoms with E-state index in [-0.39, 0.29) is 11.7 Å². The SMILES string of the molecule is CCOc1ccc(NC(=O)CSc2nnc(Cc3ccc(OC)cc3)n2CC)cc1. The van der Waals surface area contributed by atoms with Gasteiger partial charge in [0.1, 0.15) is 17.3 Å². The molecule has 8 heteroatoms. The van der Waals surface area contributed by atoms with Gasteiger partial charge in [-0.2, -0.15) is 0 Å². The number of hydrogen-bond acceptors (Lipinski definition) is 6. The first-order valence-electron chi connectivity index (χ1n) is 9.83. The summed E-state index contributed by atoms with van der Waals surface area (Å²) in [5, 5.41) is 12.2. The topological polar surface area (TPSA) is 78.3 Å². The molecule has 7 nitrogen and oxygen atoms in total. The van der Waals surface area contributed by atoms with Crippen LogP contribution in [0.1, 0.15) is 25.2 Å². The van der Waals surface area contributed by atoms with Crippen molar-refractivity contribution in [1.29, 1.82) is 0 Å². The number of rotatable bonds is 10. The lowest BCUT2D eigenvalue weighted by Gasteiger charge is -2.09. The minimum absolute atomic E-state index is 0.0912. The van der Waals surface area contributed by atoms with Crippen LogP contribution in [0.25, 0.3) is 0 Å². The van der Waals surface area contributed by atoms with E-state index in [0.29, 0.717) is 13.0 Å². The molecule has 1 amide bonds. The molecule has 0 atom stereocenters. The number of nitrogens with one attached hydrogen (secondary N) is 1. The first kappa shape index (κ1) is 21.7. The summed E-state index contributed by atoms with van der Waals surface area (Å²) < 4.78 is 12.7. The number of anilines is 1. The van der Waals surface area contributed by atoms with E-state index in [2.05, 4.69) is 15.5 Å². The molecule has 0 saturated heterocycles. The number of thioether (sulfide) groups is 1. The van der Waals surface area contributed by atoms with E-state index in [1.54, 1.807) is 7.11 Å². The average Bonchev–Trinajstić information content (AvgIpc) is 3.15. The summed E-state index contributed by atoms with van der Waals surface area (Å²) in [6.07, 6.45) is 0.670.